The van der Waals surface area contributed by atoms with Crippen molar-refractivity contribution < 1.29 is 4.79 Å². The molecule has 3 nitrogen and oxygen atoms in total. The molecule has 1 fully saturated rings. The second-order valence-corrected chi connectivity index (χ2v) is 8.46. The SMILES string of the molecule is Cc1cc(C(=O)NC2(C(N)=S)CCC(C)CC2)sc1Br. The van der Waals surface area contributed by atoms with Crippen molar-refractivity contribution in [3.63, 3.8) is 0 Å². The Morgan fingerprint density at radius 3 is 2.60 bits per heavy atom. The normalized spacial score (nSPS) is 26.2. The number of carbonyl (C=O) groups is 1. The Morgan fingerprint density at radius 1 is 1.55 bits per heavy atom. The molecule has 1 heterocycles. The molecule has 1 aromatic rings. The molecule has 0 aliphatic heterocycles. The molecule has 20 heavy (non-hydrogen) atoms. The van der Waals surface area contributed by atoms with Gasteiger partial charge in [-0.3, -0.25) is 4.79 Å². The molecule has 1 saturated carbocycles. The zero-order valence-corrected chi connectivity index (χ0v) is 14.9. The molecule has 0 aromatic carbocycles. The Hall–Kier alpha value is -0.460. The molecule has 0 bridgehead atoms. The summed E-state index contributed by atoms with van der Waals surface area (Å²) >= 11 is 10.1. The van der Waals surface area contributed by atoms with Crippen molar-refractivity contribution in [2.75, 3.05) is 0 Å². The number of hydrogen-bond acceptors (Lipinski definition) is 3. The average molecular weight is 375 g/mol. The summed E-state index contributed by atoms with van der Waals surface area (Å²) in [7, 11) is 0. The van der Waals surface area contributed by atoms with Crippen molar-refractivity contribution >= 4 is 50.4 Å². The van der Waals surface area contributed by atoms with E-state index in [1.807, 2.05) is 13.0 Å². The maximum absolute atomic E-state index is 12.4. The van der Waals surface area contributed by atoms with E-state index in [0.717, 1.165) is 35.0 Å². The molecule has 0 unspecified atom stereocenters. The maximum Gasteiger partial charge on any atom is 0.262 e. The molecular formula is C14H19BrN2OS2. The van der Waals surface area contributed by atoms with Crippen LogP contribution in [0.15, 0.2) is 9.85 Å². The number of rotatable bonds is 3. The minimum atomic E-state index is -0.511. The van der Waals surface area contributed by atoms with E-state index in [4.69, 9.17) is 18.0 Å². The first kappa shape index (κ1) is 15.9. The molecule has 1 aliphatic carbocycles. The van der Waals surface area contributed by atoms with Crippen LogP contribution >= 0.6 is 39.5 Å². The van der Waals surface area contributed by atoms with Crippen molar-refractivity contribution in [2.24, 2.45) is 11.7 Å². The average Bonchev–Trinajstić information content (AvgIpc) is 2.72. The van der Waals surface area contributed by atoms with Gasteiger partial charge in [0.05, 0.1) is 19.2 Å². The number of amides is 1. The van der Waals surface area contributed by atoms with Gasteiger partial charge in [0.15, 0.2) is 0 Å². The molecule has 1 aliphatic rings. The minimum absolute atomic E-state index is 0.0776. The predicted octanol–water partition coefficient (Wildman–Crippen LogP) is 3.78. The second-order valence-electron chi connectivity index (χ2n) is 5.65. The molecule has 110 valence electrons. The molecule has 1 aromatic heterocycles. The highest BCUT2D eigenvalue weighted by Gasteiger charge is 2.38. The third-order valence-electron chi connectivity index (χ3n) is 4.03. The fourth-order valence-electron chi connectivity index (χ4n) is 2.54. The molecule has 0 saturated heterocycles. The fraction of sp³-hybridized carbons (Fsp3) is 0.571. The first-order valence-electron chi connectivity index (χ1n) is 6.72. The van der Waals surface area contributed by atoms with Crippen molar-refractivity contribution in [3.8, 4) is 0 Å². The molecule has 0 spiro atoms. The molecule has 3 N–H and O–H groups in total. The lowest BCUT2D eigenvalue weighted by Crippen LogP contribution is -2.58. The zero-order valence-electron chi connectivity index (χ0n) is 11.7. The molecule has 6 heteroatoms. The van der Waals surface area contributed by atoms with Crippen molar-refractivity contribution in [3.05, 3.63) is 20.3 Å². The minimum Gasteiger partial charge on any atom is -0.391 e. The Morgan fingerprint density at radius 2 is 2.15 bits per heavy atom. The molecule has 0 radical (unpaired) electrons. The van der Waals surface area contributed by atoms with Crippen molar-refractivity contribution in [1.82, 2.24) is 5.32 Å². The zero-order chi connectivity index (χ0) is 14.9. The molecule has 0 atom stereocenters. The van der Waals surface area contributed by atoms with Crippen LogP contribution in [-0.4, -0.2) is 16.4 Å². The lowest BCUT2D eigenvalue weighted by molar-refractivity contribution is 0.0905. The van der Waals surface area contributed by atoms with E-state index in [9.17, 15) is 4.79 Å². The number of nitrogens with two attached hydrogens (primary N) is 1. The highest BCUT2D eigenvalue weighted by molar-refractivity contribution is 9.11. The van der Waals surface area contributed by atoms with Crippen LogP contribution in [0.5, 0.6) is 0 Å². The highest BCUT2D eigenvalue weighted by Crippen LogP contribution is 2.33. The Balaban J connectivity index is 2.16. The second kappa shape index (κ2) is 6.12. The smallest absolute Gasteiger partial charge is 0.262 e. The van der Waals surface area contributed by atoms with Crippen LogP contribution < -0.4 is 11.1 Å². The van der Waals surface area contributed by atoms with Crippen molar-refractivity contribution in [2.45, 2.75) is 45.1 Å². The van der Waals surface area contributed by atoms with E-state index >= 15 is 0 Å². The van der Waals surface area contributed by atoms with Gasteiger partial charge in [0.25, 0.3) is 5.91 Å². The third-order valence-corrected chi connectivity index (χ3v) is 6.56. The summed E-state index contributed by atoms with van der Waals surface area (Å²) in [5, 5.41) is 3.09. The topological polar surface area (TPSA) is 55.1 Å². The van der Waals surface area contributed by atoms with Crippen molar-refractivity contribution in [1.29, 1.82) is 0 Å². The third kappa shape index (κ3) is 3.23. The summed E-state index contributed by atoms with van der Waals surface area (Å²) in [6, 6.07) is 1.89. The van der Waals surface area contributed by atoms with Crippen LogP contribution in [0.25, 0.3) is 0 Å². The number of hydrogen-bond donors (Lipinski definition) is 2. The van der Waals surface area contributed by atoms with E-state index < -0.39 is 5.54 Å². The van der Waals surface area contributed by atoms with E-state index in [1.165, 1.54) is 11.3 Å². The highest BCUT2D eigenvalue weighted by atomic mass is 79.9. The maximum atomic E-state index is 12.4. The monoisotopic (exact) mass is 374 g/mol. The quantitative estimate of drug-likeness (QED) is 0.791. The van der Waals surface area contributed by atoms with Gasteiger partial charge in [-0.1, -0.05) is 19.1 Å². The van der Waals surface area contributed by atoms with Gasteiger partial charge in [-0.15, -0.1) is 11.3 Å². The van der Waals surface area contributed by atoms with Crippen LogP contribution in [0.2, 0.25) is 0 Å². The Kier molecular flexibility index (Phi) is 4.87. The predicted molar refractivity (Wildman–Crippen MR) is 91.4 cm³/mol. The van der Waals surface area contributed by atoms with Gasteiger partial charge in [0, 0.05) is 0 Å². The lowest BCUT2D eigenvalue weighted by Gasteiger charge is -2.39. The molecular weight excluding hydrogens is 356 g/mol. The van der Waals surface area contributed by atoms with Gasteiger partial charge in [-0.2, -0.15) is 0 Å². The standard InChI is InChI=1S/C14H19BrN2OS2/c1-8-3-5-14(6-4-8,13(16)19)17-12(18)10-7-9(2)11(15)20-10/h7-8H,3-6H2,1-2H3,(H2,16,19)(H,17,18). The summed E-state index contributed by atoms with van der Waals surface area (Å²) in [5.41, 5.74) is 6.48. The lowest BCUT2D eigenvalue weighted by atomic mass is 9.77. The van der Waals surface area contributed by atoms with Gasteiger partial charge in [-0.05, 0) is 66.1 Å². The van der Waals surface area contributed by atoms with Gasteiger partial charge < -0.3 is 11.1 Å². The molecule has 2 rings (SSSR count). The van der Waals surface area contributed by atoms with Crippen LogP contribution in [-0.2, 0) is 0 Å². The van der Waals surface area contributed by atoms with Crippen LogP contribution in [0.4, 0.5) is 0 Å². The Labute approximate surface area is 137 Å². The van der Waals surface area contributed by atoms with Crippen LogP contribution in [0.1, 0.15) is 47.8 Å². The summed E-state index contributed by atoms with van der Waals surface area (Å²) in [4.78, 5) is 13.5. The van der Waals surface area contributed by atoms with E-state index in [0.29, 0.717) is 15.8 Å². The van der Waals surface area contributed by atoms with E-state index in [-0.39, 0.29) is 5.91 Å². The largest absolute Gasteiger partial charge is 0.391 e. The summed E-state index contributed by atoms with van der Waals surface area (Å²) < 4.78 is 0.990. The number of thiophene rings is 1. The fourth-order valence-corrected chi connectivity index (χ4v) is 4.22. The number of halogens is 1. The van der Waals surface area contributed by atoms with E-state index in [1.54, 1.807) is 0 Å². The summed E-state index contributed by atoms with van der Waals surface area (Å²) in [5.74, 6) is 0.596. The van der Waals surface area contributed by atoms with Gasteiger partial charge in [0.1, 0.15) is 0 Å². The number of aryl methyl sites for hydroxylation is 1. The number of nitrogens with one attached hydrogen (secondary N) is 1. The Bertz CT molecular complexity index is 514. The van der Waals surface area contributed by atoms with Gasteiger partial charge in [-0.25, -0.2) is 0 Å². The first-order chi connectivity index (χ1) is 9.34. The van der Waals surface area contributed by atoms with Crippen LogP contribution in [0, 0.1) is 12.8 Å². The van der Waals surface area contributed by atoms with E-state index in [2.05, 4.69) is 28.2 Å². The molecule has 1 amide bonds. The van der Waals surface area contributed by atoms with Gasteiger partial charge >= 0.3 is 0 Å². The summed E-state index contributed by atoms with van der Waals surface area (Å²) in [6.45, 7) is 4.20. The van der Waals surface area contributed by atoms with Gasteiger partial charge in [0.2, 0.25) is 0 Å². The van der Waals surface area contributed by atoms with Crippen LogP contribution in [0.3, 0.4) is 0 Å². The summed E-state index contributed by atoms with van der Waals surface area (Å²) in [6.07, 6.45) is 3.76. The number of carbonyl (C=O) groups excluding carboxylic acids is 1. The first-order valence-corrected chi connectivity index (χ1v) is 8.74. The number of thiocarbonyl (C=S) groups is 1.